The molecule has 0 bridgehead atoms. The lowest BCUT2D eigenvalue weighted by atomic mass is 10.1. The number of carbonyl (C=O) groups is 1. The average molecular weight is 340 g/mol. The molecule has 2 aromatic carbocycles. The summed E-state index contributed by atoms with van der Waals surface area (Å²) in [5.74, 6) is 1.42. The summed E-state index contributed by atoms with van der Waals surface area (Å²) in [4.78, 5) is 12.2. The zero-order chi connectivity index (χ0) is 17.6. The maximum Gasteiger partial charge on any atom is 0.315 e. The highest BCUT2D eigenvalue weighted by molar-refractivity contribution is 5.74. The van der Waals surface area contributed by atoms with Crippen LogP contribution in [0.3, 0.4) is 0 Å². The van der Waals surface area contributed by atoms with E-state index >= 15 is 0 Å². The monoisotopic (exact) mass is 340 g/mol. The summed E-state index contributed by atoms with van der Waals surface area (Å²) >= 11 is 0. The molecule has 0 radical (unpaired) electrons. The molecule has 0 saturated carbocycles. The molecule has 0 heterocycles. The quantitative estimate of drug-likeness (QED) is 0.849. The molecule has 0 spiro atoms. The van der Waals surface area contributed by atoms with Gasteiger partial charge in [-0.15, -0.1) is 0 Å². The van der Waals surface area contributed by atoms with E-state index in [1.54, 1.807) is 14.2 Å². The Morgan fingerprint density at radius 3 is 2.56 bits per heavy atom. The van der Waals surface area contributed by atoms with Crippen LogP contribution >= 0.6 is 0 Å². The third-order valence-electron chi connectivity index (χ3n) is 4.57. The van der Waals surface area contributed by atoms with Crippen LogP contribution in [0.4, 0.5) is 4.79 Å². The Bertz CT molecular complexity index is 731. The maximum absolute atomic E-state index is 12.2. The Labute approximate surface area is 148 Å². The lowest BCUT2D eigenvalue weighted by molar-refractivity contribution is 0.237. The first-order valence-electron chi connectivity index (χ1n) is 8.54. The van der Waals surface area contributed by atoms with E-state index in [1.165, 1.54) is 11.1 Å². The number of aryl methyl sites for hydroxylation is 1. The Hall–Kier alpha value is -2.69. The number of amides is 2. The second-order valence-corrected chi connectivity index (χ2v) is 6.13. The van der Waals surface area contributed by atoms with Crippen molar-refractivity contribution in [3.63, 3.8) is 0 Å². The van der Waals surface area contributed by atoms with Crippen molar-refractivity contribution in [2.45, 2.75) is 25.3 Å². The number of rotatable bonds is 6. The van der Waals surface area contributed by atoms with Crippen molar-refractivity contribution in [3.8, 4) is 11.5 Å². The summed E-state index contributed by atoms with van der Waals surface area (Å²) in [6, 6.07) is 14.0. The Kier molecular flexibility index (Phi) is 5.43. The van der Waals surface area contributed by atoms with Gasteiger partial charge in [-0.05, 0) is 48.1 Å². The van der Waals surface area contributed by atoms with E-state index in [4.69, 9.17) is 9.47 Å². The van der Waals surface area contributed by atoms with Gasteiger partial charge in [0.15, 0.2) is 11.5 Å². The highest BCUT2D eigenvalue weighted by Gasteiger charge is 2.26. The van der Waals surface area contributed by atoms with Crippen LogP contribution in [0.1, 0.15) is 29.2 Å². The van der Waals surface area contributed by atoms with Gasteiger partial charge in [0.25, 0.3) is 0 Å². The van der Waals surface area contributed by atoms with Crippen molar-refractivity contribution in [2.24, 2.45) is 0 Å². The first-order valence-corrected chi connectivity index (χ1v) is 8.54. The van der Waals surface area contributed by atoms with Gasteiger partial charge < -0.3 is 20.1 Å². The van der Waals surface area contributed by atoms with Gasteiger partial charge in [-0.25, -0.2) is 4.79 Å². The molecule has 1 atom stereocenters. The zero-order valence-corrected chi connectivity index (χ0v) is 14.7. The van der Waals surface area contributed by atoms with Crippen molar-refractivity contribution in [1.82, 2.24) is 10.6 Å². The zero-order valence-electron chi connectivity index (χ0n) is 14.7. The van der Waals surface area contributed by atoms with Gasteiger partial charge in [0, 0.05) is 6.54 Å². The minimum Gasteiger partial charge on any atom is -0.493 e. The normalized spacial score (nSPS) is 15.4. The number of fused-ring (bicyclic) bond motifs is 1. The van der Waals surface area contributed by atoms with Crippen LogP contribution in [0.5, 0.6) is 11.5 Å². The molecule has 5 nitrogen and oxygen atoms in total. The summed E-state index contributed by atoms with van der Waals surface area (Å²) in [5.41, 5.74) is 3.52. The average Bonchev–Trinajstić information content (AvgIpc) is 3.03. The van der Waals surface area contributed by atoms with Crippen LogP contribution < -0.4 is 20.1 Å². The lowest BCUT2D eigenvalue weighted by Gasteiger charge is -2.16. The first-order chi connectivity index (χ1) is 12.2. The highest BCUT2D eigenvalue weighted by atomic mass is 16.5. The number of carbonyl (C=O) groups excluding carboxylic acids is 1. The second kappa shape index (κ2) is 7.92. The van der Waals surface area contributed by atoms with Gasteiger partial charge in [0.05, 0.1) is 20.3 Å². The standard InChI is InChI=1S/C20H24N2O3/c1-24-18-12-15-8-9-17(16(15)13-19(18)25-2)22-20(23)21-11-10-14-6-4-3-5-7-14/h3-7,12-13,17H,8-11H2,1-2H3,(H2,21,22,23). The molecule has 0 aliphatic heterocycles. The van der Waals surface area contributed by atoms with Crippen LogP contribution in [-0.4, -0.2) is 26.8 Å². The number of nitrogens with one attached hydrogen (secondary N) is 2. The largest absolute Gasteiger partial charge is 0.493 e. The van der Waals surface area contributed by atoms with E-state index in [2.05, 4.69) is 22.8 Å². The van der Waals surface area contributed by atoms with Crippen LogP contribution in [0.15, 0.2) is 42.5 Å². The molecule has 1 unspecified atom stereocenters. The topological polar surface area (TPSA) is 59.6 Å². The molecule has 1 aliphatic carbocycles. The maximum atomic E-state index is 12.2. The molecule has 25 heavy (non-hydrogen) atoms. The molecule has 0 saturated heterocycles. The number of methoxy groups -OCH3 is 2. The van der Waals surface area contributed by atoms with Crippen LogP contribution in [0, 0.1) is 0 Å². The van der Waals surface area contributed by atoms with Crippen molar-refractivity contribution < 1.29 is 14.3 Å². The molecule has 2 aromatic rings. The minimum absolute atomic E-state index is 0.00605. The number of hydrogen-bond acceptors (Lipinski definition) is 3. The fraction of sp³-hybridized carbons (Fsp3) is 0.350. The van der Waals surface area contributed by atoms with E-state index in [0.29, 0.717) is 12.3 Å². The summed E-state index contributed by atoms with van der Waals surface area (Å²) in [7, 11) is 3.26. The molecule has 0 fully saturated rings. The van der Waals surface area contributed by atoms with Crippen molar-refractivity contribution in [1.29, 1.82) is 0 Å². The van der Waals surface area contributed by atoms with Crippen LogP contribution in [-0.2, 0) is 12.8 Å². The van der Waals surface area contributed by atoms with Crippen molar-refractivity contribution in [3.05, 3.63) is 59.2 Å². The summed E-state index contributed by atoms with van der Waals surface area (Å²) in [5, 5.41) is 6.00. The first kappa shape index (κ1) is 17.1. The third kappa shape index (κ3) is 4.05. The van der Waals surface area contributed by atoms with E-state index in [1.807, 2.05) is 30.3 Å². The fourth-order valence-electron chi connectivity index (χ4n) is 3.26. The van der Waals surface area contributed by atoms with E-state index in [9.17, 15) is 4.79 Å². The van der Waals surface area contributed by atoms with Gasteiger partial charge in [-0.3, -0.25) is 0 Å². The van der Waals surface area contributed by atoms with E-state index < -0.39 is 0 Å². The molecule has 2 N–H and O–H groups in total. The molecule has 1 aliphatic rings. The molecular weight excluding hydrogens is 316 g/mol. The predicted octanol–water partition coefficient (Wildman–Crippen LogP) is 3.23. The van der Waals surface area contributed by atoms with Gasteiger partial charge in [-0.1, -0.05) is 30.3 Å². The van der Waals surface area contributed by atoms with Crippen LogP contribution in [0.25, 0.3) is 0 Å². The third-order valence-corrected chi connectivity index (χ3v) is 4.57. The Balaban J connectivity index is 1.57. The number of hydrogen-bond donors (Lipinski definition) is 2. The molecule has 0 aromatic heterocycles. The number of urea groups is 1. The molecule has 3 rings (SSSR count). The van der Waals surface area contributed by atoms with E-state index in [0.717, 1.165) is 30.6 Å². The summed E-state index contributed by atoms with van der Waals surface area (Å²) < 4.78 is 10.7. The minimum atomic E-state index is -0.136. The number of ether oxygens (including phenoxy) is 2. The van der Waals surface area contributed by atoms with Crippen molar-refractivity contribution in [2.75, 3.05) is 20.8 Å². The smallest absolute Gasteiger partial charge is 0.315 e. The van der Waals surface area contributed by atoms with Gasteiger partial charge in [0.2, 0.25) is 0 Å². The van der Waals surface area contributed by atoms with Crippen LogP contribution in [0.2, 0.25) is 0 Å². The Morgan fingerprint density at radius 2 is 1.84 bits per heavy atom. The predicted molar refractivity (Wildman–Crippen MR) is 97.3 cm³/mol. The number of benzene rings is 2. The lowest BCUT2D eigenvalue weighted by Crippen LogP contribution is -2.38. The van der Waals surface area contributed by atoms with Gasteiger partial charge in [-0.2, -0.15) is 0 Å². The summed E-state index contributed by atoms with van der Waals surface area (Å²) in [6.07, 6.45) is 2.63. The Morgan fingerprint density at radius 1 is 1.12 bits per heavy atom. The molecule has 5 heteroatoms. The molecule has 132 valence electrons. The second-order valence-electron chi connectivity index (χ2n) is 6.13. The molecular formula is C20H24N2O3. The SMILES string of the molecule is COc1cc2c(cc1OC)C(NC(=O)NCCc1ccccc1)CC2. The van der Waals surface area contributed by atoms with Gasteiger partial charge in [0.1, 0.15) is 0 Å². The summed E-state index contributed by atoms with van der Waals surface area (Å²) in [6.45, 7) is 0.612. The highest BCUT2D eigenvalue weighted by Crippen LogP contribution is 2.39. The van der Waals surface area contributed by atoms with Gasteiger partial charge >= 0.3 is 6.03 Å². The van der Waals surface area contributed by atoms with Crippen molar-refractivity contribution >= 4 is 6.03 Å². The van der Waals surface area contributed by atoms with E-state index in [-0.39, 0.29) is 12.1 Å². The molecule has 2 amide bonds. The fourth-order valence-corrected chi connectivity index (χ4v) is 3.26.